The van der Waals surface area contributed by atoms with Crippen LogP contribution in [0.1, 0.15) is 24.2 Å². The molecule has 1 unspecified atom stereocenters. The van der Waals surface area contributed by atoms with E-state index >= 15 is 0 Å². The van der Waals surface area contributed by atoms with E-state index in [1.807, 2.05) is 37.4 Å². The molecule has 0 saturated carbocycles. The van der Waals surface area contributed by atoms with E-state index in [0.717, 1.165) is 12.0 Å². The van der Waals surface area contributed by atoms with Gasteiger partial charge in [-0.15, -0.1) is 10.2 Å². The van der Waals surface area contributed by atoms with Crippen molar-refractivity contribution in [1.82, 2.24) is 19.7 Å². The third kappa shape index (κ3) is 3.91. The van der Waals surface area contributed by atoms with Gasteiger partial charge < -0.3 is 19.3 Å². The number of aromatic nitrogens is 3. The smallest absolute Gasteiger partial charge is 0.410 e. The number of rotatable bonds is 4. The topological polar surface area (TPSA) is 80.5 Å². The van der Waals surface area contributed by atoms with Crippen molar-refractivity contribution in [1.29, 1.82) is 0 Å². The van der Waals surface area contributed by atoms with Crippen LogP contribution in [-0.4, -0.2) is 49.6 Å². The number of aryl methyl sites for hydroxylation is 1. The molecule has 3 rings (SSSR count). The normalized spacial score (nSPS) is 20.8. The molecular weight excluding hydrogens is 308 g/mol. The SMILES string of the molecule is Cn1cnnc1CC1(O)CCCN(C(=O)OCc2ccccc2)C1. The summed E-state index contributed by atoms with van der Waals surface area (Å²) in [5, 5.41) is 18.7. The number of benzene rings is 1. The van der Waals surface area contributed by atoms with Gasteiger partial charge in [0.2, 0.25) is 0 Å². The maximum Gasteiger partial charge on any atom is 0.410 e. The Labute approximate surface area is 140 Å². The number of piperidine rings is 1. The van der Waals surface area contributed by atoms with Crippen LogP contribution >= 0.6 is 0 Å². The number of amides is 1. The summed E-state index contributed by atoms with van der Waals surface area (Å²) in [6, 6.07) is 9.55. The zero-order valence-electron chi connectivity index (χ0n) is 13.8. The van der Waals surface area contributed by atoms with Gasteiger partial charge in [0.15, 0.2) is 0 Å². The van der Waals surface area contributed by atoms with E-state index in [0.29, 0.717) is 25.2 Å². The summed E-state index contributed by atoms with van der Waals surface area (Å²) >= 11 is 0. The van der Waals surface area contributed by atoms with Gasteiger partial charge in [-0.25, -0.2) is 4.79 Å². The first-order valence-electron chi connectivity index (χ1n) is 8.07. The highest BCUT2D eigenvalue weighted by molar-refractivity contribution is 5.68. The second kappa shape index (κ2) is 7.00. The molecule has 1 N–H and O–H groups in total. The molecule has 0 aliphatic carbocycles. The van der Waals surface area contributed by atoms with Gasteiger partial charge in [0.1, 0.15) is 18.8 Å². The first-order chi connectivity index (χ1) is 11.6. The van der Waals surface area contributed by atoms with Gasteiger partial charge >= 0.3 is 6.09 Å². The van der Waals surface area contributed by atoms with Crippen LogP contribution in [0.15, 0.2) is 36.7 Å². The van der Waals surface area contributed by atoms with Crippen LogP contribution in [-0.2, 0) is 24.8 Å². The minimum Gasteiger partial charge on any atom is -0.445 e. The fourth-order valence-corrected chi connectivity index (χ4v) is 2.98. The second-order valence-electron chi connectivity index (χ2n) is 6.32. The summed E-state index contributed by atoms with van der Waals surface area (Å²) in [6.07, 6.45) is 2.94. The van der Waals surface area contributed by atoms with E-state index in [1.165, 1.54) is 0 Å². The highest BCUT2D eigenvalue weighted by atomic mass is 16.6. The van der Waals surface area contributed by atoms with Crippen LogP contribution in [0, 0.1) is 0 Å². The van der Waals surface area contributed by atoms with Crippen LogP contribution in [0.2, 0.25) is 0 Å². The van der Waals surface area contributed by atoms with Crippen molar-refractivity contribution in [2.24, 2.45) is 7.05 Å². The van der Waals surface area contributed by atoms with Crippen molar-refractivity contribution in [3.8, 4) is 0 Å². The molecule has 2 heterocycles. The Hall–Kier alpha value is -2.41. The van der Waals surface area contributed by atoms with Crippen molar-refractivity contribution in [3.63, 3.8) is 0 Å². The van der Waals surface area contributed by atoms with Crippen molar-refractivity contribution >= 4 is 6.09 Å². The molecule has 0 bridgehead atoms. The summed E-state index contributed by atoms with van der Waals surface area (Å²) in [4.78, 5) is 13.9. The lowest BCUT2D eigenvalue weighted by atomic mass is 9.89. The summed E-state index contributed by atoms with van der Waals surface area (Å²) < 4.78 is 7.14. The molecule has 24 heavy (non-hydrogen) atoms. The quantitative estimate of drug-likeness (QED) is 0.919. The van der Waals surface area contributed by atoms with Gasteiger partial charge in [-0.3, -0.25) is 0 Å². The van der Waals surface area contributed by atoms with Crippen LogP contribution in [0.5, 0.6) is 0 Å². The zero-order valence-corrected chi connectivity index (χ0v) is 13.8. The van der Waals surface area contributed by atoms with Crippen molar-refractivity contribution in [2.45, 2.75) is 31.5 Å². The van der Waals surface area contributed by atoms with Crippen molar-refractivity contribution in [2.75, 3.05) is 13.1 Å². The van der Waals surface area contributed by atoms with Gasteiger partial charge in [0.05, 0.1) is 12.1 Å². The average Bonchev–Trinajstić information content (AvgIpc) is 2.98. The lowest BCUT2D eigenvalue weighted by Crippen LogP contribution is -2.51. The number of hydrogen-bond acceptors (Lipinski definition) is 5. The van der Waals surface area contributed by atoms with E-state index < -0.39 is 11.7 Å². The van der Waals surface area contributed by atoms with Gasteiger partial charge in [-0.05, 0) is 18.4 Å². The number of β-amino-alcohol motifs (C(OH)–C–C–N with tert-alkyl or cyclic N) is 1. The maximum atomic E-state index is 12.3. The van der Waals surface area contributed by atoms with Crippen molar-refractivity contribution in [3.05, 3.63) is 48.0 Å². The fraction of sp³-hybridized carbons (Fsp3) is 0.471. The Bertz CT molecular complexity index is 688. The maximum absolute atomic E-state index is 12.3. The third-order valence-corrected chi connectivity index (χ3v) is 4.31. The number of hydrogen-bond donors (Lipinski definition) is 1. The second-order valence-corrected chi connectivity index (χ2v) is 6.32. The monoisotopic (exact) mass is 330 g/mol. The lowest BCUT2D eigenvalue weighted by Gasteiger charge is -2.38. The summed E-state index contributed by atoms with van der Waals surface area (Å²) in [5.41, 5.74) is -0.0534. The van der Waals surface area contributed by atoms with Gasteiger partial charge in [0.25, 0.3) is 0 Å². The fourth-order valence-electron chi connectivity index (χ4n) is 2.98. The van der Waals surface area contributed by atoms with E-state index in [2.05, 4.69) is 10.2 Å². The number of carbonyl (C=O) groups is 1. The zero-order chi connectivity index (χ0) is 17.0. The van der Waals surface area contributed by atoms with E-state index in [9.17, 15) is 9.90 Å². The van der Waals surface area contributed by atoms with Gasteiger partial charge in [0, 0.05) is 20.0 Å². The van der Waals surface area contributed by atoms with Gasteiger partial charge in [-0.1, -0.05) is 30.3 Å². The highest BCUT2D eigenvalue weighted by Gasteiger charge is 2.37. The third-order valence-electron chi connectivity index (χ3n) is 4.31. The minimum absolute atomic E-state index is 0.234. The van der Waals surface area contributed by atoms with Crippen LogP contribution in [0.25, 0.3) is 0 Å². The molecule has 1 atom stereocenters. The highest BCUT2D eigenvalue weighted by Crippen LogP contribution is 2.25. The molecule has 0 spiro atoms. The minimum atomic E-state index is -0.995. The van der Waals surface area contributed by atoms with Crippen molar-refractivity contribution < 1.29 is 14.6 Å². The summed E-state index contributed by atoms with van der Waals surface area (Å²) in [7, 11) is 1.84. The predicted octanol–water partition coefficient (Wildman–Crippen LogP) is 1.52. The van der Waals surface area contributed by atoms with E-state index in [4.69, 9.17) is 4.74 Å². The predicted molar refractivity (Wildman–Crippen MR) is 87.1 cm³/mol. The molecule has 1 amide bonds. The first-order valence-corrected chi connectivity index (χ1v) is 8.07. The molecule has 2 aromatic rings. The Morgan fingerprint density at radius 2 is 2.17 bits per heavy atom. The summed E-state index contributed by atoms with van der Waals surface area (Å²) in [5.74, 6) is 0.706. The molecular formula is C17H22N4O3. The number of ether oxygens (including phenoxy) is 1. The molecule has 1 aromatic heterocycles. The molecule has 1 aromatic carbocycles. The van der Waals surface area contributed by atoms with Crippen LogP contribution in [0.3, 0.4) is 0 Å². The largest absolute Gasteiger partial charge is 0.445 e. The molecule has 0 radical (unpaired) electrons. The van der Waals surface area contributed by atoms with Gasteiger partial charge in [-0.2, -0.15) is 0 Å². The first kappa shape index (κ1) is 16.4. The van der Waals surface area contributed by atoms with E-state index in [1.54, 1.807) is 15.8 Å². The molecule has 1 fully saturated rings. The Morgan fingerprint density at radius 3 is 2.88 bits per heavy atom. The standard InChI is InChI=1S/C17H22N4O3/c1-20-13-18-19-15(20)10-17(23)8-5-9-21(12-17)16(22)24-11-14-6-3-2-4-7-14/h2-4,6-7,13,23H,5,8-12H2,1H3. The number of carbonyl (C=O) groups excluding carboxylic acids is 1. The Balaban J connectivity index is 1.58. The number of aliphatic hydroxyl groups is 1. The number of likely N-dealkylation sites (tertiary alicyclic amines) is 1. The Morgan fingerprint density at radius 1 is 1.38 bits per heavy atom. The molecule has 1 saturated heterocycles. The van der Waals surface area contributed by atoms with E-state index in [-0.39, 0.29) is 13.2 Å². The molecule has 7 nitrogen and oxygen atoms in total. The Kier molecular flexibility index (Phi) is 4.80. The molecule has 1 aliphatic rings. The molecule has 7 heteroatoms. The van der Waals surface area contributed by atoms with Crippen LogP contribution < -0.4 is 0 Å². The molecule has 128 valence electrons. The van der Waals surface area contributed by atoms with Crippen LogP contribution in [0.4, 0.5) is 4.79 Å². The number of nitrogens with zero attached hydrogens (tertiary/aromatic N) is 4. The molecule has 1 aliphatic heterocycles. The lowest BCUT2D eigenvalue weighted by molar-refractivity contribution is -0.0316. The average molecular weight is 330 g/mol. The summed E-state index contributed by atoms with van der Waals surface area (Å²) in [6.45, 7) is 1.07.